The minimum Gasteiger partial charge on any atom is -0.481 e. The van der Waals surface area contributed by atoms with Crippen molar-refractivity contribution in [1.82, 2.24) is 0 Å². The topological polar surface area (TPSA) is 54.4 Å². The average Bonchev–Trinajstić information content (AvgIpc) is 2.72. The number of ketones is 1. The van der Waals surface area contributed by atoms with Gasteiger partial charge in [0.05, 0.1) is 11.0 Å². The van der Waals surface area contributed by atoms with E-state index in [0.29, 0.717) is 0 Å². The number of carbonyl (C=O) groups excluding carboxylic acids is 1. The van der Waals surface area contributed by atoms with Gasteiger partial charge in [0.15, 0.2) is 0 Å². The summed E-state index contributed by atoms with van der Waals surface area (Å²) in [6.07, 6.45) is -4.65. The molecule has 0 heterocycles. The zero-order valence-corrected chi connectivity index (χ0v) is 9.83. The summed E-state index contributed by atoms with van der Waals surface area (Å²) in [5.41, 5.74) is -2.37. The van der Waals surface area contributed by atoms with Gasteiger partial charge in [0.1, 0.15) is 5.78 Å². The molecule has 1 aromatic rings. The lowest BCUT2D eigenvalue weighted by Crippen LogP contribution is -2.33. The van der Waals surface area contributed by atoms with E-state index in [1.54, 1.807) is 0 Å². The van der Waals surface area contributed by atoms with Crippen LogP contribution in [0.1, 0.15) is 30.4 Å². The quantitative estimate of drug-likeness (QED) is 0.900. The van der Waals surface area contributed by atoms with Gasteiger partial charge in [0.25, 0.3) is 0 Å². The number of Topliss-reactive ketones (excluding diaryl/α,β-unsaturated/α-hetero) is 1. The number of alkyl halides is 3. The first-order chi connectivity index (χ1) is 8.75. The molecule has 1 saturated carbocycles. The molecule has 0 aromatic heterocycles. The fraction of sp³-hybridized carbons (Fsp3) is 0.385. The predicted molar refractivity (Wildman–Crippen MR) is 59.6 cm³/mol. The highest BCUT2D eigenvalue weighted by molar-refractivity contribution is 5.94. The van der Waals surface area contributed by atoms with Crippen LogP contribution in [-0.2, 0) is 21.2 Å². The minimum atomic E-state index is -4.53. The number of halogens is 3. The minimum absolute atomic E-state index is 0.0423. The van der Waals surface area contributed by atoms with Crippen LogP contribution in [0.4, 0.5) is 13.2 Å². The summed E-state index contributed by atoms with van der Waals surface area (Å²) in [6.45, 7) is 0. The Morgan fingerprint density at radius 3 is 2.47 bits per heavy atom. The first-order valence-corrected chi connectivity index (χ1v) is 5.68. The first-order valence-electron chi connectivity index (χ1n) is 5.68. The zero-order chi connectivity index (χ0) is 14.3. The Morgan fingerprint density at radius 2 is 2.00 bits per heavy atom. The molecule has 1 atom stereocenters. The van der Waals surface area contributed by atoms with Crippen LogP contribution in [0.3, 0.4) is 0 Å². The van der Waals surface area contributed by atoms with Gasteiger partial charge < -0.3 is 5.11 Å². The molecule has 0 spiro atoms. The Morgan fingerprint density at radius 1 is 1.32 bits per heavy atom. The number of hydrogen-bond acceptors (Lipinski definition) is 2. The molecule has 0 aliphatic heterocycles. The molecule has 1 aliphatic carbocycles. The fourth-order valence-electron chi connectivity index (χ4n) is 2.41. The lowest BCUT2D eigenvalue weighted by molar-refractivity contribution is -0.145. The van der Waals surface area contributed by atoms with Crippen LogP contribution < -0.4 is 0 Å². The molecule has 0 bridgehead atoms. The van der Waals surface area contributed by atoms with Gasteiger partial charge in [-0.05, 0) is 18.1 Å². The number of carboxylic acid groups (broad SMARTS) is 1. The molecule has 6 heteroatoms. The van der Waals surface area contributed by atoms with Crippen molar-refractivity contribution in [3.63, 3.8) is 0 Å². The van der Waals surface area contributed by atoms with Crippen molar-refractivity contribution in [2.45, 2.75) is 30.9 Å². The summed E-state index contributed by atoms with van der Waals surface area (Å²) in [5.74, 6) is -1.49. The Balaban J connectivity index is 2.50. The largest absolute Gasteiger partial charge is 0.481 e. The van der Waals surface area contributed by atoms with Crippen molar-refractivity contribution in [2.24, 2.45) is 0 Å². The molecular formula is C13H11F3O3. The summed E-state index contributed by atoms with van der Waals surface area (Å²) in [6, 6.07) is 4.22. The summed E-state index contributed by atoms with van der Waals surface area (Å²) >= 11 is 0. The van der Waals surface area contributed by atoms with E-state index in [2.05, 4.69) is 0 Å². The van der Waals surface area contributed by atoms with E-state index >= 15 is 0 Å². The van der Waals surface area contributed by atoms with Gasteiger partial charge in [-0.2, -0.15) is 13.2 Å². The summed E-state index contributed by atoms with van der Waals surface area (Å²) in [4.78, 5) is 22.7. The van der Waals surface area contributed by atoms with Crippen molar-refractivity contribution in [1.29, 1.82) is 0 Å². The van der Waals surface area contributed by atoms with Crippen LogP contribution in [0.25, 0.3) is 0 Å². The van der Waals surface area contributed by atoms with E-state index in [1.807, 2.05) is 0 Å². The van der Waals surface area contributed by atoms with Crippen molar-refractivity contribution < 1.29 is 27.9 Å². The number of carboxylic acids is 1. The summed E-state index contributed by atoms with van der Waals surface area (Å²) in [7, 11) is 0. The van der Waals surface area contributed by atoms with Gasteiger partial charge in [-0.3, -0.25) is 9.59 Å². The maximum Gasteiger partial charge on any atom is 0.416 e. The molecule has 1 unspecified atom stereocenters. The van der Waals surface area contributed by atoms with E-state index in [-0.39, 0.29) is 30.6 Å². The second kappa shape index (κ2) is 4.36. The van der Waals surface area contributed by atoms with Crippen molar-refractivity contribution in [2.75, 3.05) is 0 Å². The Labute approximate surface area is 107 Å². The molecule has 0 saturated heterocycles. The molecule has 0 amide bonds. The first kappa shape index (κ1) is 13.6. The van der Waals surface area contributed by atoms with E-state index in [0.717, 1.165) is 12.1 Å². The monoisotopic (exact) mass is 272 g/mol. The third kappa shape index (κ3) is 2.34. The van der Waals surface area contributed by atoms with Gasteiger partial charge in [-0.25, -0.2) is 0 Å². The van der Waals surface area contributed by atoms with Crippen LogP contribution in [0.15, 0.2) is 24.3 Å². The van der Waals surface area contributed by atoms with Crippen LogP contribution >= 0.6 is 0 Å². The molecule has 1 N–H and O–H groups in total. The number of aliphatic carboxylic acids is 1. The van der Waals surface area contributed by atoms with Crippen LogP contribution in [0.5, 0.6) is 0 Å². The Hall–Kier alpha value is -1.85. The second-order valence-electron chi connectivity index (χ2n) is 4.68. The summed E-state index contributed by atoms with van der Waals surface area (Å²) < 4.78 is 37.9. The lowest BCUT2D eigenvalue weighted by Gasteiger charge is -2.24. The van der Waals surface area contributed by atoms with Gasteiger partial charge in [-0.15, -0.1) is 0 Å². The zero-order valence-electron chi connectivity index (χ0n) is 9.83. The second-order valence-corrected chi connectivity index (χ2v) is 4.68. The predicted octanol–water partition coefficient (Wildman–Crippen LogP) is 2.78. The molecule has 1 aromatic carbocycles. The maximum absolute atomic E-state index is 12.6. The van der Waals surface area contributed by atoms with Crippen molar-refractivity contribution in [3.05, 3.63) is 35.4 Å². The van der Waals surface area contributed by atoms with Crippen molar-refractivity contribution in [3.8, 4) is 0 Å². The van der Waals surface area contributed by atoms with Crippen LogP contribution in [0, 0.1) is 0 Å². The number of rotatable bonds is 2. The maximum atomic E-state index is 12.6. The van der Waals surface area contributed by atoms with Gasteiger partial charge in [-0.1, -0.05) is 18.2 Å². The highest BCUT2D eigenvalue weighted by atomic mass is 19.4. The molecule has 0 radical (unpaired) electrons. The van der Waals surface area contributed by atoms with E-state index in [9.17, 15) is 27.9 Å². The molecule has 1 fully saturated rings. The molecule has 19 heavy (non-hydrogen) atoms. The van der Waals surface area contributed by atoms with Crippen LogP contribution in [0.2, 0.25) is 0 Å². The fourth-order valence-corrected chi connectivity index (χ4v) is 2.41. The lowest BCUT2D eigenvalue weighted by atomic mass is 9.78. The smallest absolute Gasteiger partial charge is 0.416 e. The van der Waals surface area contributed by atoms with E-state index in [1.165, 1.54) is 12.1 Å². The molecule has 1 aliphatic rings. The molecular weight excluding hydrogens is 261 g/mol. The molecule has 3 nitrogen and oxygen atoms in total. The van der Waals surface area contributed by atoms with E-state index < -0.39 is 23.1 Å². The molecule has 2 rings (SSSR count). The summed E-state index contributed by atoms with van der Waals surface area (Å²) in [5, 5.41) is 9.30. The standard InChI is InChI=1S/C13H11F3O3/c14-13(15,16)9-3-1-2-8(6-9)12(11(18)19)5-4-10(17)7-12/h1-3,6H,4-5,7H2,(H,18,19). The van der Waals surface area contributed by atoms with E-state index in [4.69, 9.17) is 0 Å². The number of carbonyl (C=O) groups is 2. The Kier molecular flexibility index (Phi) is 3.12. The Bertz CT molecular complexity index is 536. The average molecular weight is 272 g/mol. The normalized spacial score (nSPS) is 23.6. The number of hydrogen-bond donors (Lipinski definition) is 1. The van der Waals surface area contributed by atoms with Gasteiger partial charge in [0, 0.05) is 12.8 Å². The van der Waals surface area contributed by atoms with Crippen molar-refractivity contribution >= 4 is 11.8 Å². The van der Waals surface area contributed by atoms with Gasteiger partial charge in [0.2, 0.25) is 0 Å². The highest BCUT2D eigenvalue weighted by Gasteiger charge is 2.47. The molecule has 102 valence electrons. The third-order valence-corrected chi connectivity index (χ3v) is 3.48. The SMILES string of the molecule is O=C1CCC(C(=O)O)(c2cccc(C(F)(F)F)c2)C1. The number of benzene rings is 1. The van der Waals surface area contributed by atoms with Crippen LogP contribution in [-0.4, -0.2) is 16.9 Å². The highest BCUT2D eigenvalue weighted by Crippen LogP contribution is 2.41. The third-order valence-electron chi connectivity index (χ3n) is 3.48. The van der Waals surface area contributed by atoms with Gasteiger partial charge >= 0.3 is 12.1 Å².